The molecule has 39 heavy (non-hydrogen) atoms. The summed E-state index contributed by atoms with van der Waals surface area (Å²) in [6, 6.07) is 7.44. The molecule has 2 heterocycles. The van der Waals surface area contributed by atoms with Crippen LogP contribution in [0.3, 0.4) is 0 Å². The minimum atomic E-state index is -0.833. The zero-order valence-corrected chi connectivity index (χ0v) is 24.0. The van der Waals surface area contributed by atoms with Crippen LogP contribution < -0.4 is 14.8 Å². The van der Waals surface area contributed by atoms with Gasteiger partial charge in [0.05, 0.1) is 4.91 Å². The monoisotopic (exact) mass is 556 g/mol. The number of carboxylic acid groups (broad SMARTS) is 1. The summed E-state index contributed by atoms with van der Waals surface area (Å²) in [6.45, 7) is 11.2. The molecule has 0 saturated carbocycles. The van der Waals surface area contributed by atoms with Gasteiger partial charge in [-0.25, -0.2) is 0 Å². The van der Waals surface area contributed by atoms with E-state index in [1.165, 1.54) is 0 Å². The molecule has 1 unspecified atom stereocenters. The van der Waals surface area contributed by atoms with Crippen LogP contribution in [0.1, 0.15) is 48.1 Å². The Morgan fingerprint density at radius 3 is 2.41 bits per heavy atom. The number of hydrogen-bond acceptors (Lipinski definition) is 8. The van der Waals surface area contributed by atoms with Gasteiger partial charge in [-0.15, -0.1) is 0 Å². The van der Waals surface area contributed by atoms with Crippen molar-refractivity contribution in [2.24, 2.45) is 0 Å². The summed E-state index contributed by atoms with van der Waals surface area (Å²) >= 11 is 0.906. The molecule has 4 rings (SSSR count). The van der Waals surface area contributed by atoms with Crippen LogP contribution in [-0.2, 0) is 16.0 Å². The fraction of sp³-hybridized carbons (Fsp3) is 0.414. The Balaban J connectivity index is 0.000000983. The van der Waals surface area contributed by atoms with Crippen LogP contribution in [0.5, 0.6) is 17.2 Å². The van der Waals surface area contributed by atoms with E-state index in [-0.39, 0.29) is 16.7 Å². The Labute approximate surface area is 233 Å². The topological polar surface area (TPSA) is 125 Å². The molecule has 2 aromatic carbocycles. The van der Waals surface area contributed by atoms with Crippen LogP contribution in [-0.4, -0.2) is 64.6 Å². The third-order valence-electron chi connectivity index (χ3n) is 6.76. The highest BCUT2D eigenvalue weighted by atomic mass is 32.2. The van der Waals surface area contributed by atoms with Crippen molar-refractivity contribution < 1.29 is 34.1 Å². The molecule has 2 aliphatic rings. The van der Waals surface area contributed by atoms with E-state index in [1.807, 2.05) is 45.0 Å². The lowest BCUT2D eigenvalue weighted by atomic mass is 9.87. The Morgan fingerprint density at radius 2 is 1.82 bits per heavy atom. The number of phenolic OH excluding ortho intramolecular Hbond substituents is 1. The number of amides is 2. The maximum atomic E-state index is 11.7. The Bertz CT molecular complexity index is 1290. The number of imide groups is 1. The molecule has 1 fully saturated rings. The predicted molar refractivity (Wildman–Crippen MR) is 152 cm³/mol. The number of thioether (sulfide) groups is 1. The van der Waals surface area contributed by atoms with Crippen LogP contribution in [0.15, 0.2) is 29.2 Å². The molecule has 2 aromatic rings. The molecule has 0 aliphatic carbocycles. The zero-order chi connectivity index (χ0) is 28.9. The smallest absolute Gasteiger partial charge is 0.300 e. The predicted octanol–water partition coefficient (Wildman–Crippen LogP) is 4.83. The van der Waals surface area contributed by atoms with Crippen LogP contribution in [0.2, 0.25) is 0 Å². The molecular formula is C29H36N2O7S. The number of carbonyl (C=O) groups excluding carboxylic acids is 2. The number of nitrogens with one attached hydrogen (secondary N) is 1. The van der Waals surface area contributed by atoms with Gasteiger partial charge in [0.2, 0.25) is 0 Å². The van der Waals surface area contributed by atoms with Gasteiger partial charge < -0.3 is 19.7 Å². The number of carbonyl (C=O) groups is 3. The third kappa shape index (κ3) is 7.77. The first-order chi connectivity index (χ1) is 18.3. The summed E-state index contributed by atoms with van der Waals surface area (Å²) in [6.07, 6.45) is 3.46. The fourth-order valence-corrected chi connectivity index (χ4v) is 5.29. The molecule has 1 saturated heterocycles. The molecular weight excluding hydrogens is 520 g/mol. The molecule has 0 bridgehead atoms. The van der Waals surface area contributed by atoms with E-state index in [2.05, 4.69) is 24.2 Å². The molecule has 10 heteroatoms. The van der Waals surface area contributed by atoms with Crippen molar-refractivity contribution in [3.63, 3.8) is 0 Å². The van der Waals surface area contributed by atoms with E-state index in [4.69, 9.17) is 19.4 Å². The number of ether oxygens (including phenoxy) is 2. The van der Waals surface area contributed by atoms with Crippen molar-refractivity contribution in [1.82, 2.24) is 10.2 Å². The fourth-order valence-electron chi connectivity index (χ4n) is 4.61. The second-order valence-corrected chi connectivity index (χ2v) is 11.1. The SMILES string of the molecule is CC(=O)O.Cc1c(C)c2c(c(C)c1O)CCC(C)(CN(C)CCOc1ccc(/C=C3\SC(=O)NC3=O)cc1)O2. The highest BCUT2D eigenvalue weighted by molar-refractivity contribution is 8.18. The molecule has 0 radical (unpaired) electrons. The number of nitrogens with zero attached hydrogens (tertiary/aromatic N) is 1. The lowest BCUT2D eigenvalue weighted by Crippen LogP contribution is -2.47. The minimum Gasteiger partial charge on any atom is -0.507 e. The van der Waals surface area contributed by atoms with Crippen molar-refractivity contribution >= 4 is 35.0 Å². The number of phenols is 1. The van der Waals surface area contributed by atoms with E-state index in [9.17, 15) is 14.7 Å². The molecule has 2 aliphatic heterocycles. The molecule has 0 spiro atoms. The van der Waals surface area contributed by atoms with Crippen molar-refractivity contribution in [2.45, 2.75) is 53.1 Å². The molecule has 2 amide bonds. The van der Waals surface area contributed by atoms with Crippen molar-refractivity contribution in [3.05, 3.63) is 57.0 Å². The average Bonchev–Trinajstić information content (AvgIpc) is 3.18. The van der Waals surface area contributed by atoms with Crippen LogP contribution in [0, 0.1) is 20.8 Å². The summed E-state index contributed by atoms with van der Waals surface area (Å²) in [4.78, 5) is 34.6. The number of aromatic hydroxyl groups is 1. The molecule has 210 valence electrons. The third-order valence-corrected chi connectivity index (χ3v) is 7.57. The van der Waals surface area contributed by atoms with Gasteiger partial charge in [0.15, 0.2) is 0 Å². The van der Waals surface area contributed by atoms with E-state index in [0.717, 1.165) is 83.9 Å². The summed E-state index contributed by atoms with van der Waals surface area (Å²) in [5.74, 6) is 0.853. The summed E-state index contributed by atoms with van der Waals surface area (Å²) in [5, 5.41) is 19.7. The van der Waals surface area contributed by atoms with Gasteiger partial charge in [0, 0.05) is 25.6 Å². The van der Waals surface area contributed by atoms with Crippen molar-refractivity contribution in [1.29, 1.82) is 0 Å². The second kappa shape index (κ2) is 12.6. The van der Waals surface area contributed by atoms with E-state index >= 15 is 0 Å². The molecule has 9 nitrogen and oxygen atoms in total. The number of carboxylic acids is 1. The maximum absolute atomic E-state index is 11.7. The van der Waals surface area contributed by atoms with Gasteiger partial charge in [0.1, 0.15) is 29.5 Å². The number of benzene rings is 2. The molecule has 0 aromatic heterocycles. The normalized spacial score (nSPS) is 19.2. The average molecular weight is 557 g/mol. The van der Waals surface area contributed by atoms with Crippen LogP contribution in [0.4, 0.5) is 4.79 Å². The number of likely N-dealkylation sites (N-methyl/N-ethyl adjacent to an activating group) is 1. The Hall–Kier alpha value is -3.50. The lowest BCUT2D eigenvalue weighted by Gasteiger charge is -2.40. The number of aliphatic carboxylic acids is 1. The standard InChI is InChI=1S/C27H32N2O5S.C2H4O2/c1-16-17(2)24-21(18(3)23(16)30)10-11-27(4,34-24)15-29(5)12-13-33-20-8-6-19(7-9-20)14-22-25(31)28-26(32)35-22;1-2(3)4/h6-9,14,30H,10-13,15H2,1-5H3,(H,28,31,32);1H3,(H,3,4)/b22-14-;. The number of hydrogen-bond donors (Lipinski definition) is 3. The first kappa shape index (κ1) is 30.0. The highest BCUT2D eigenvalue weighted by Crippen LogP contribution is 2.43. The van der Waals surface area contributed by atoms with Gasteiger partial charge in [0.25, 0.3) is 17.1 Å². The van der Waals surface area contributed by atoms with Gasteiger partial charge in [-0.2, -0.15) is 0 Å². The first-order valence-corrected chi connectivity index (χ1v) is 13.5. The minimum absolute atomic E-state index is 0.316. The van der Waals surface area contributed by atoms with Crippen molar-refractivity contribution in [2.75, 3.05) is 26.7 Å². The summed E-state index contributed by atoms with van der Waals surface area (Å²) < 4.78 is 12.4. The zero-order valence-electron chi connectivity index (χ0n) is 23.2. The van der Waals surface area contributed by atoms with Crippen LogP contribution in [0.25, 0.3) is 6.08 Å². The molecule has 3 N–H and O–H groups in total. The second-order valence-electron chi connectivity index (χ2n) is 10.1. The molecule has 1 atom stereocenters. The van der Waals surface area contributed by atoms with Crippen molar-refractivity contribution in [3.8, 4) is 17.2 Å². The number of rotatable bonds is 7. The quantitative estimate of drug-likeness (QED) is 0.411. The van der Waals surface area contributed by atoms with Gasteiger partial charge in [-0.1, -0.05) is 12.1 Å². The largest absolute Gasteiger partial charge is 0.507 e. The van der Waals surface area contributed by atoms with Gasteiger partial charge >= 0.3 is 0 Å². The van der Waals surface area contributed by atoms with Gasteiger partial charge in [-0.05, 0) is 99.8 Å². The van der Waals surface area contributed by atoms with E-state index in [0.29, 0.717) is 17.3 Å². The van der Waals surface area contributed by atoms with E-state index < -0.39 is 5.97 Å². The first-order valence-electron chi connectivity index (χ1n) is 12.7. The lowest BCUT2D eigenvalue weighted by molar-refractivity contribution is -0.134. The highest BCUT2D eigenvalue weighted by Gasteiger charge is 2.35. The maximum Gasteiger partial charge on any atom is 0.300 e. The Morgan fingerprint density at radius 1 is 1.18 bits per heavy atom. The number of fused-ring (bicyclic) bond motifs is 1. The summed E-state index contributed by atoms with van der Waals surface area (Å²) in [7, 11) is 2.06. The summed E-state index contributed by atoms with van der Waals surface area (Å²) in [5.41, 5.74) is 4.45. The van der Waals surface area contributed by atoms with Crippen LogP contribution >= 0.6 is 11.8 Å². The Kier molecular flexibility index (Phi) is 9.68. The van der Waals surface area contributed by atoms with E-state index in [1.54, 1.807) is 6.08 Å². The van der Waals surface area contributed by atoms with Gasteiger partial charge in [-0.3, -0.25) is 24.6 Å².